The van der Waals surface area contributed by atoms with Crippen molar-refractivity contribution in [2.75, 3.05) is 5.32 Å². The van der Waals surface area contributed by atoms with Crippen molar-refractivity contribution >= 4 is 17.8 Å². The number of nitrogens with one attached hydrogen (secondary N) is 2. The van der Waals surface area contributed by atoms with Gasteiger partial charge in [0.05, 0.1) is 6.04 Å². The Morgan fingerprint density at radius 3 is 2.65 bits per heavy atom. The van der Waals surface area contributed by atoms with Crippen LogP contribution < -0.4 is 10.6 Å². The van der Waals surface area contributed by atoms with Gasteiger partial charge in [0.25, 0.3) is 5.91 Å². The fourth-order valence-corrected chi connectivity index (χ4v) is 2.41. The zero-order valence-corrected chi connectivity index (χ0v) is 12.9. The molecule has 0 spiro atoms. The van der Waals surface area contributed by atoms with Gasteiger partial charge in [0.2, 0.25) is 5.91 Å². The quantitative estimate of drug-likeness (QED) is 0.889. The molecule has 0 bridgehead atoms. The number of oxazole rings is 1. The molecule has 23 heavy (non-hydrogen) atoms. The first-order valence-corrected chi connectivity index (χ1v) is 7.75. The molecule has 1 aromatic heterocycles. The maximum Gasteiger partial charge on any atom is 0.302 e. The van der Waals surface area contributed by atoms with E-state index in [-0.39, 0.29) is 35.5 Å². The van der Waals surface area contributed by atoms with Crippen LogP contribution in [-0.4, -0.2) is 16.8 Å². The molecule has 0 aliphatic heterocycles. The summed E-state index contributed by atoms with van der Waals surface area (Å²) >= 11 is 0. The second kappa shape index (κ2) is 6.64. The molecule has 6 heteroatoms. The molecule has 1 heterocycles. The third-order valence-electron chi connectivity index (χ3n) is 4.09. The number of anilines is 1. The summed E-state index contributed by atoms with van der Waals surface area (Å²) in [5.41, 5.74) is 1.15. The minimum atomic E-state index is -0.339. The second-order valence-electron chi connectivity index (χ2n) is 5.76. The maximum atomic E-state index is 12.2. The molecule has 1 atom stereocenters. The highest BCUT2D eigenvalue weighted by Gasteiger charge is 2.26. The van der Waals surface area contributed by atoms with Gasteiger partial charge in [0.1, 0.15) is 6.26 Å². The first-order chi connectivity index (χ1) is 11.1. The van der Waals surface area contributed by atoms with Gasteiger partial charge in [-0.1, -0.05) is 36.8 Å². The van der Waals surface area contributed by atoms with E-state index in [9.17, 15) is 9.59 Å². The molecule has 6 nitrogen and oxygen atoms in total. The van der Waals surface area contributed by atoms with Crippen molar-refractivity contribution in [3.05, 3.63) is 47.9 Å². The van der Waals surface area contributed by atoms with E-state index in [4.69, 9.17) is 4.42 Å². The number of carbonyl (C=O) groups excluding carboxylic acids is 2. The highest BCUT2D eigenvalue weighted by atomic mass is 16.4. The van der Waals surface area contributed by atoms with Crippen LogP contribution in [-0.2, 0) is 4.79 Å². The molecule has 1 saturated carbocycles. The SMILES string of the molecule is C[C@@H](NC(=O)c1coc(NC(=O)C2CCC2)n1)c1ccccc1. The summed E-state index contributed by atoms with van der Waals surface area (Å²) in [4.78, 5) is 28.0. The standard InChI is InChI=1S/C17H19N3O3/c1-11(12-6-3-2-4-7-12)18-16(22)14-10-23-17(19-14)20-15(21)13-8-5-9-13/h2-4,6-7,10-11,13H,5,8-9H2,1H3,(H,18,22)(H,19,20,21)/t11-/m1/s1. The number of hydrogen-bond acceptors (Lipinski definition) is 4. The first-order valence-electron chi connectivity index (χ1n) is 7.75. The molecule has 1 aliphatic carbocycles. The highest BCUT2D eigenvalue weighted by molar-refractivity contribution is 5.94. The van der Waals surface area contributed by atoms with Crippen LogP contribution in [0, 0.1) is 5.92 Å². The summed E-state index contributed by atoms with van der Waals surface area (Å²) in [5, 5.41) is 5.46. The third kappa shape index (κ3) is 3.59. The second-order valence-corrected chi connectivity index (χ2v) is 5.76. The molecule has 1 aliphatic rings. The van der Waals surface area contributed by atoms with Gasteiger partial charge in [0, 0.05) is 5.92 Å². The fraction of sp³-hybridized carbons (Fsp3) is 0.353. The lowest BCUT2D eigenvalue weighted by Crippen LogP contribution is -2.28. The smallest absolute Gasteiger partial charge is 0.302 e. The fourth-order valence-electron chi connectivity index (χ4n) is 2.41. The van der Waals surface area contributed by atoms with Crippen LogP contribution in [0.1, 0.15) is 48.3 Å². The Morgan fingerprint density at radius 2 is 2.00 bits per heavy atom. The Morgan fingerprint density at radius 1 is 1.26 bits per heavy atom. The van der Waals surface area contributed by atoms with Crippen molar-refractivity contribution in [1.29, 1.82) is 0 Å². The Hall–Kier alpha value is -2.63. The molecule has 1 aromatic carbocycles. The third-order valence-corrected chi connectivity index (χ3v) is 4.09. The van der Waals surface area contributed by atoms with Crippen LogP contribution in [0.15, 0.2) is 41.0 Å². The summed E-state index contributed by atoms with van der Waals surface area (Å²) < 4.78 is 5.16. The zero-order chi connectivity index (χ0) is 16.2. The number of rotatable bonds is 5. The average molecular weight is 313 g/mol. The predicted molar refractivity (Wildman–Crippen MR) is 84.8 cm³/mol. The molecule has 0 unspecified atom stereocenters. The number of nitrogens with zero attached hydrogens (tertiary/aromatic N) is 1. The monoisotopic (exact) mass is 313 g/mol. The Kier molecular flexibility index (Phi) is 4.41. The molecule has 120 valence electrons. The summed E-state index contributed by atoms with van der Waals surface area (Å²) in [6.07, 6.45) is 4.13. The minimum absolute atomic E-state index is 0.0391. The van der Waals surface area contributed by atoms with Crippen LogP contribution in [0.3, 0.4) is 0 Å². The van der Waals surface area contributed by atoms with E-state index in [1.54, 1.807) is 0 Å². The number of amides is 2. The average Bonchev–Trinajstić information content (AvgIpc) is 2.94. The molecule has 2 amide bonds. The lowest BCUT2D eigenvalue weighted by Gasteiger charge is -2.22. The summed E-state index contributed by atoms with van der Waals surface area (Å²) in [5.74, 6) is -0.394. The molecule has 0 radical (unpaired) electrons. The molecule has 0 saturated heterocycles. The molecule has 2 N–H and O–H groups in total. The van der Waals surface area contributed by atoms with Crippen LogP contribution >= 0.6 is 0 Å². The van der Waals surface area contributed by atoms with E-state index < -0.39 is 0 Å². The van der Waals surface area contributed by atoms with Gasteiger partial charge < -0.3 is 9.73 Å². The van der Waals surface area contributed by atoms with Gasteiger partial charge in [-0.25, -0.2) is 0 Å². The van der Waals surface area contributed by atoms with Gasteiger partial charge in [-0.15, -0.1) is 0 Å². The van der Waals surface area contributed by atoms with Crippen molar-refractivity contribution in [3.63, 3.8) is 0 Å². The Balaban J connectivity index is 1.58. The van der Waals surface area contributed by atoms with Crippen molar-refractivity contribution < 1.29 is 14.0 Å². The van der Waals surface area contributed by atoms with Crippen LogP contribution in [0.25, 0.3) is 0 Å². The van der Waals surface area contributed by atoms with Gasteiger partial charge in [-0.05, 0) is 25.3 Å². The van der Waals surface area contributed by atoms with Crippen molar-refractivity contribution in [3.8, 4) is 0 Å². The maximum absolute atomic E-state index is 12.2. The lowest BCUT2D eigenvalue weighted by molar-refractivity contribution is -0.122. The van der Waals surface area contributed by atoms with E-state index >= 15 is 0 Å². The Bertz CT molecular complexity index is 692. The number of aromatic nitrogens is 1. The van der Waals surface area contributed by atoms with Crippen molar-refractivity contribution in [1.82, 2.24) is 10.3 Å². The predicted octanol–water partition coefficient (Wildman–Crippen LogP) is 2.90. The van der Waals surface area contributed by atoms with E-state index in [0.717, 1.165) is 24.8 Å². The number of hydrogen-bond donors (Lipinski definition) is 2. The van der Waals surface area contributed by atoms with Gasteiger partial charge in [-0.2, -0.15) is 4.98 Å². The van der Waals surface area contributed by atoms with Crippen LogP contribution in [0.5, 0.6) is 0 Å². The molecular weight excluding hydrogens is 294 g/mol. The first kappa shape index (κ1) is 15.3. The number of benzene rings is 1. The lowest BCUT2D eigenvalue weighted by atomic mass is 9.85. The van der Waals surface area contributed by atoms with E-state index in [1.807, 2.05) is 37.3 Å². The highest BCUT2D eigenvalue weighted by Crippen LogP contribution is 2.27. The van der Waals surface area contributed by atoms with Gasteiger partial charge in [-0.3, -0.25) is 14.9 Å². The summed E-state index contributed by atoms with van der Waals surface area (Å²) in [6, 6.07) is 9.57. The molecule has 2 aromatic rings. The van der Waals surface area contributed by atoms with Gasteiger partial charge in [0.15, 0.2) is 5.69 Å². The topological polar surface area (TPSA) is 84.2 Å². The minimum Gasteiger partial charge on any atom is -0.431 e. The molecular formula is C17H19N3O3. The summed E-state index contributed by atoms with van der Waals surface area (Å²) in [7, 11) is 0. The number of carbonyl (C=O) groups is 2. The Labute approximate surface area is 134 Å². The van der Waals surface area contributed by atoms with E-state index in [1.165, 1.54) is 6.26 Å². The molecule has 3 rings (SSSR count). The van der Waals surface area contributed by atoms with Crippen LogP contribution in [0.2, 0.25) is 0 Å². The van der Waals surface area contributed by atoms with Gasteiger partial charge >= 0.3 is 6.01 Å². The summed E-state index contributed by atoms with van der Waals surface area (Å²) in [6.45, 7) is 1.90. The van der Waals surface area contributed by atoms with Crippen LogP contribution in [0.4, 0.5) is 6.01 Å². The van der Waals surface area contributed by atoms with Crippen molar-refractivity contribution in [2.45, 2.75) is 32.2 Å². The zero-order valence-electron chi connectivity index (χ0n) is 12.9. The largest absolute Gasteiger partial charge is 0.431 e. The molecule has 1 fully saturated rings. The van der Waals surface area contributed by atoms with E-state index in [0.29, 0.717) is 0 Å². The van der Waals surface area contributed by atoms with E-state index in [2.05, 4.69) is 15.6 Å². The normalized spacial score (nSPS) is 15.5. The van der Waals surface area contributed by atoms with Crippen molar-refractivity contribution in [2.24, 2.45) is 5.92 Å².